The Labute approximate surface area is 134 Å². The highest BCUT2D eigenvalue weighted by Gasteiger charge is 2.22. The lowest BCUT2D eigenvalue weighted by Gasteiger charge is -2.05. The van der Waals surface area contributed by atoms with E-state index in [-0.39, 0.29) is 29.2 Å². The minimum absolute atomic E-state index is 0.000421. The third-order valence-corrected chi connectivity index (χ3v) is 4.03. The first kappa shape index (κ1) is 15.2. The Morgan fingerprint density at radius 3 is 3.04 bits per heavy atom. The Hall–Kier alpha value is -2.75. The molecule has 23 heavy (non-hydrogen) atoms. The van der Waals surface area contributed by atoms with Gasteiger partial charge in [0.2, 0.25) is 12.7 Å². The van der Waals surface area contributed by atoms with Crippen LogP contribution in [0.2, 0.25) is 0 Å². The summed E-state index contributed by atoms with van der Waals surface area (Å²) >= 11 is 0.997. The molecule has 120 valence electrons. The molecule has 0 fully saturated rings. The first-order valence-electron chi connectivity index (χ1n) is 6.56. The van der Waals surface area contributed by atoms with Crippen molar-refractivity contribution in [1.82, 2.24) is 10.2 Å². The smallest absolute Gasteiger partial charge is 0.323 e. The summed E-state index contributed by atoms with van der Waals surface area (Å²) in [6.07, 6.45) is 0. The lowest BCUT2D eigenvalue weighted by atomic mass is 10.3. The van der Waals surface area contributed by atoms with Gasteiger partial charge in [0.25, 0.3) is 0 Å². The number of ether oxygens (including phenoxy) is 2. The monoisotopic (exact) mass is 336 g/mol. The fourth-order valence-corrected chi connectivity index (χ4v) is 2.84. The highest BCUT2D eigenvalue weighted by atomic mass is 32.2. The largest absolute Gasteiger partial charge is 0.454 e. The van der Waals surface area contributed by atoms with E-state index in [2.05, 4.69) is 15.5 Å². The van der Waals surface area contributed by atoms with Crippen molar-refractivity contribution < 1.29 is 19.2 Å². The summed E-state index contributed by atoms with van der Waals surface area (Å²) in [5.41, 5.74) is 0.812. The minimum atomic E-state index is -0.517. The first-order valence-corrected chi connectivity index (χ1v) is 7.55. The molecule has 0 atom stereocenters. The molecule has 10 heteroatoms. The summed E-state index contributed by atoms with van der Waals surface area (Å²) < 4.78 is 10.4. The van der Waals surface area contributed by atoms with Crippen molar-refractivity contribution in [3.63, 3.8) is 0 Å². The van der Waals surface area contributed by atoms with Crippen LogP contribution in [-0.2, 0) is 4.79 Å². The van der Waals surface area contributed by atoms with E-state index >= 15 is 0 Å². The Kier molecular flexibility index (Phi) is 4.06. The lowest BCUT2D eigenvalue weighted by Crippen LogP contribution is -2.14. The second kappa shape index (κ2) is 6.16. The molecule has 0 spiro atoms. The van der Waals surface area contributed by atoms with Gasteiger partial charge in [0.05, 0.1) is 10.7 Å². The molecule has 0 saturated heterocycles. The summed E-state index contributed by atoms with van der Waals surface area (Å²) in [6.45, 7) is 1.71. The third kappa shape index (κ3) is 3.21. The number of nitrogens with zero attached hydrogens (tertiary/aromatic N) is 2. The van der Waals surface area contributed by atoms with Crippen molar-refractivity contribution >= 4 is 29.0 Å². The number of rotatable bonds is 5. The molecular weight excluding hydrogens is 324 g/mol. The Morgan fingerprint density at radius 2 is 2.26 bits per heavy atom. The van der Waals surface area contributed by atoms with Crippen molar-refractivity contribution in [2.45, 2.75) is 11.9 Å². The van der Waals surface area contributed by atoms with Crippen molar-refractivity contribution in [1.29, 1.82) is 0 Å². The average Bonchev–Trinajstić information content (AvgIpc) is 3.10. The van der Waals surface area contributed by atoms with Crippen LogP contribution in [0, 0.1) is 17.0 Å². The van der Waals surface area contributed by atoms with Gasteiger partial charge in [-0.05, 0) is 19.1 Å². The maximum absolute atomic E-state index is 12.0. The topological polar surface area (TPSA) is 119 Å². The van der Waals surface area contributed by atoms with Crippen molar-refractivity contribution in [2.75, 3.05) is 17.9 Å². The van der Waals surface area contributed by atoms with E-state index in [0.29, 0.717) is 22.9 Å². The van der Waals surface area contributed by atoms with Gasteiger partial charge < -0.3 is 14.8 Å². The zero-order valence-corrected chi connectivity index (χ0v) is 12.8. The van der Waals surface area contributed by atoms with E-state index in [0.717, 1.165) is 11.8 Å². The maximum atomic E-state index is 12.0. The zero-order chi connectivity index (χ0) is 16.4. The fraction of sp³-hybridized carbons (Fsp3) is 0.231. The molecule has 1 aliphatic rings. The average molecular weight is 336 g/mol. The Morgan fingerprint density at radius 1 is 1.48 bits per heavy atom. The molecular formula is C13H12N4O5S. The van der Waals surface area contributed by atoms with Gasteiger partial charge in [-0.25, -0.2) is 0 Å². The number of aromatic nitrogens is 2. The number of nitrogens with one attached hydrogen (secondary N) is 2. The van der Waals surface area contributed by atoms with Gasteiger partial charge in [-0.3, -0.25) is 20.0 Å². The van der Waals surface area contributed by atoms with Gasteiger partial charge in [0.1, 0.15) is 5.69 Å². The van der Waals surface area contributed by atoms with Crippen LogP contribution in [-0.4, -0.2) is 33.6 Å². The van der Waals surface area contributed by atoms with Crippen molar-refractivity contribution in [2.24, 2.45) is 0 Å². The predicted octanol–water partition coefficient (Wildman–Crippen LogP) is 2.09. The molecule has 1 aliphatic heterocycles. The number of anilines is 1. The quantitative estimate of drug-likeness (QED) is 0.487. The molecule has 1 aromatic carbocycles. The molecule has 0 unspecified atom stereocenters. The van der Waals surface area contributed by atoms with E-state index in [1.807, 2.05) is 0 Å². The van der Waals surface area contributed by atoms with Crippen LogP contribution in [0.1, 0.15) is 5.69 Å². The van der Waals surface area contributed by atoms with Gasteiger partial charge in [-0.1, -0.05) is 11.8 Å². The van der Waals surface area contributed by atoms with Crippen LogP contribution in [0.3, 0.4) is 0 Å². The van der Waals surface area contributed by atoms with Gasteiger partial charge in [-0.15, -0.1) is 0 Å². The number of aromatic amines is 1. The molecule has 0 aliphatic carbocycles. The number of carbonyl (C=O) groups is 1. The van der Waals surface area contributed by atoms with E-state index in [4.69, 9.17) is 9.47 Å². The molecule has 9 nitrogen and oxygen atoms in total. The van der Waals surface area contributed by atoms with Crippen molar-refractivity contribution in [3.05, 3.63) is 34.0 Å². The number of benzene rings is 1. The molecule has 2 N–H and O–H groups in total. The van der Waals surface area contributed by atoms with E-state index < -0.39 is 4.92 Å². The normalized spacial score (nSPS) is 12.2. The number of aryl methyl sites for hydroxylation is 1. The number of nitro groups is 1. The second-order valence-electron chi connectivity index (χ2n) is 4.66. The third-order valence-electron chi connectivity index (χ3n) is 3.06. The molecule has 1 aromatic heterocycles. The number of hydrogen-bond donors (Lipinski definition) is 2. The Bertz CT molecular complexity index is 776. The summed E-state index contributed by atoms with van der Waals surface area (Å²) in [6, 6.07) is 5.05. The SMILES string of the molecule is Cc1[nH]nc(SCC(=O)Nc2ccc3c(c2)OCO3)c1[N+](=O)[O-]. The summed E-state index contributed by atoms with van der Waals surface area (Å²) in [4.78, 5) is 22.4. The van der Waals surface area contributed by atoms with Gasteiger partial charge >= 0.3 is 5.69 Å². The van der Waals surface area contributed by atoms with Crippen LogP contribution in [0.15, 0.2) is 23.2 Å². The summed E-state index contributed by atoms with van der Waals surface area (Å²) in [5, 5.41) is 20.2. The van der Waals surface area contributed by atoms with Crippen LogP contribution >= 0.6 is 11.8 Å². The molecule has 2 aromatic rings. The number of thioether (sulfide) groups is 1. The number of fused-ring (bicyclic) bond motifs is 1. The number of amides is 1. The van der Waals surface area contributed by atoms with Crippen LogP contribution < -0.4 is 14.8 Å². The second-order valence-corrected chi connectivity index (χ2v) is 5.63. The van der Waals surface area contributed by atoms with Gasteiger partial charge in [0, 0.05) is 11.8 Å². The van der Waals surface area contributed by atoms with E-state index in [1.54, 1.807) is 25.1 Å². The number of hydrogen-bond acceptors (Lipinski definition) is 7. The lowest BCUT2D eigenvalue weighted by molar-refractivity contribution is -0.388. The van der Waals surface area contributed by atoms with Crippen LogP contribution in [0.25, 0.3) is 0 Å². The Balaban J connectivity index is 1.61. The summed E-state index contributed by atoms with van der Waals surface area (Å²) in [7, 11) is 0. The molecule has 1 amide bonds. The van der Waals surface area contributed by atoms with Crippen molar-refractivity contribution in [3.8, 4) is 11.5 Å². The van der Waals surface area contributed by atoms with Gasteiger partial charge in [-0.2, -0.15) is 5.10 Å². The number of carbonyl (C=O) groups excluding carboxylic acids is 1. The maximum Gasteiger partial charge on any atom is 0.323 e. The molecule has 2 heterocycles. The highest BCUT2D eigenvalue weighted by Crippen LogP contribution is 2.34. The van der Waals surface area contributed by atoms with E-state index in [9.17, 15) is 14.9 Å². The van der Waals surface area contributed by atoms with Gasteiger partial charge in [0.15, 0.2) is 16.5 Å². The zero-order valence-electron chi connectivity index (χ0n) is 12.0. The molecule has 3 rings (SSSR count). The first-order chi connectivity index (χ1) is 11.0. The van der Waals surface area contributed by atoms with E-state index in [1.165, 1.54) is 0 Å². The molecule has 0 saturated carbocycles. The fourth-order valence-electron chi connectivity index (χ4n) is 2.02. The molecule has 0 radical (unpaired) electrons. The summed E-state index contributed by atoms with van der Waals surface area (Å²) in [5.74, 6) is 0.886. The highest BCUT2D eigenvalue weighted by molar-refractivity contribution is 8.00. The van der Waals surface area contributed by atoms with Crippen LogP contribution in [0.5, 0.6) is 11.5 Å². The van der Waals surface area contributed by atoms with Crippen LogP contribution in [0.4, 0.5) is 11.4 Å². The molecule has 0 bridgehead atoms. The predicted molar refractivity (Wildman–Crippen MR) is 81.9 cm³/mol. The minimum Gasteiger partial charge on any atom is -0.454 e. The number of H-pyrrole nitrogens is 1. The standard InChI is InChI=1S/C13H12N4O5S/c1-7-12(17(19)20)13(16-15-7)23-5-11(18)14-8-2-3-9-10(4-8)22-6-21-9/h2-4H,5-6H2,1H3,(H,14,18)(H,15,16).